The maximum atomic E-state index is 6.33. The molecule has 3 aliphatic carbocycles. The summed E-state index contributed by atoms with van der Waals surface area (Å²) in [6.07, 6.45) is 7.25. The lowest BCUT2D eigenvalue weighted by Gasteiger charge is -2.33. The van der Waals surface area contributed by atoms with Crippen molar-refractivity contribution in [2.24, 2.45) is 23.7 Å². The molecule has 5 atom stereocenters. The molecule has 0 heterocycles. The molecule has 3 aliphatic rings. The van der Waals surface area contributed by atoms with Crippen molar-refractivity contribution >= 4 is 33.2 Å². The van der Waals surface area contributed by atoms with Crippen LogP contribution in [0.15, 0.2) is 22.7 Å². The van der Waals surface area contributed by atoms with Crippen molar-refractivity contribution in [3.8, 4) is 0 Å². The fraction of sp³-hybridized carbons (Fsp3) is 0.625. The van der Waals surface area contributed by atoms with E-state index < -0.39 is 0 Å². The molecule has 3 saturated carbocycles. The molecule has 1 aromatic carbocycles. The molecule has 19 heavy (non-hydrogen) atoms. The normalized spacial score (nSPS) is 39.6. The molecule has 4 rings (SSSR count). The smallest absolute Gasteiger partial charge is 0.0648 e. The topological polar surface area (TPSA) is 12.0 Å². The van der Waals surface area contributed by atoms with Crippen molar-refractivity contribution in [1.29, 1.82) is 0 Å². The fourth-order valence-electron chi connectivity index (χ4n) is 5.04. The molecule has 0 spiro atoms. The Morgan fingerprint density at radius 2 is 1.95 bits per heavy atom. The summed E-state index contributed by atoms with van der Waals surface area (Å²) in [5, 5.41) is 4.56. The fourth-order valence-corrected chi connectivity index (χ4v) is 5.77. The lowest BCUT2D eigenvalue weighted by Crippen LogP contribution is -2.33. The molecule has 3 heteroatoms. The molecule has 0 radical (unpaired) electrons. The highest BCUT2D eigenvalue weighted by Crippen LogP contribution is 2.59. The molecular weight excluding hydrogens is 322 g/mol. The molecule has 102 valence electrons. The first kappa shape index (κ1) is 12.5. The van der Waals surface area contributed by atoms with Crippen LogP contribution in [0.1, 0.15) is 32.1 Å². The van der Waals surface area contributed by atoms with Crippen LogP contribution in [-0.2, 0) is 0 Å². The first-order chi connectivity index (χ1) is 9.22. The van der Waals surface area contributed by atoms with Crippen LogP contribution < -0.4 is 5.32 Å². The molecule has 2 bridgehead atoms. The average molecular weight is 341 g/mol. The number of anilines is 1. The van der Waals surface area contributed by atoms with Gasteiger partial charge >= 0.3 is 0 Å². The van der Waals surface area contributed by atoms with Gasteiger partial charge in [0.15, 0.2) is 0 Å². The van der Waals surface area contributed by atoms with Crippen LogP contribution in [0.5, 0.6) is 0 Å². The van der Waals surface area contributed by atoms with E-state index in [4.69, 9.17) is 11.6 Å². The van der Waals surface area contributed by atoms with Crippen molar-refractivity contribution in [2.45, 2.75) is 38.1 Å². The Hall–Kier alpha value is -0.210. The van der Waals surface area contributed by atoms with E-state index in [-0.39, 0.29) is 0 Å². The van der Waals surface area contributed by atoms with E-state index in [1.807, 2.05) is 6.07 Å². The molecule has 3 fully saturated rings. The van der Waals surface area contributed by atoms with Gasteiger partial charge in [0.1, 0.15) is 0 Å². The minimum absolute atomic E-state index is 0.656. The summed E-state index contributed by atoms with van der Waals surface area (Å²) in [7, 11) is 0. The lowest BCUT2D eigenvalue weighted by atomic mass is 9.79. The summed E-state index contributed by atoms with van der Waals surface area (Å²) in [5.74, 6) is 3.95. The number of halogens is 2. The summed E-state index contributed by atoms with van der Waals surface area (Å²) in [5.41, 5.74) is 1.11. The van der Waals surface area contributed by atoms with E-state index in [0.29, 0.717) is 6.04 Å². The van der Waals surface area contributed by atoms with Crippen LogP contribution in [0.25, 0.3) is 0 Å². The average Bonchev–Trinajstić information content (AvgIpc) is 3.04. The van der Waals surface area contributed by atoms with Gasteiger partial charge in [-0.25, -0.2) is 0 Å². The summed E-state index contributed by atoms with van der Waals surface area (Å²) in [6.45, 7) is 0. The number of rotatable bonds is 2. The first-order valence-corrected chi connectivity index (χ1v) is 8.61. The van der Waals surface area contributed by atoms with Gasteiger partial charge in [-0.05, 0) is 67.6 Å². The standard InChI is InChI=1S/C16H19BrClN/c17-10-4-5-15(14(18)8-10)19-16-7-9-6-13(16)12-3-1-2-11(9)12/h4-5,8-9,11-13,16,19H,1-3,6-7H2. The van der Waals surface area contributed by atoms with Gasteiger partial charge < -0.3 is 5.32 Å². The predicted molar refractivity (Wildman–Crippen MR) is 83.6 cm³/mol. The van der Waals surface area contributed by atoms with E-state index in [9.17, 15) is 0 Å². The largest absolute Gasteiger partial charge is 0.381 e. The monoisotopic (exact) mass is 339 g/mol. The second-order valence-electron chi connectivity index (χ2n) is 6.53. The first-order valence-electron chi connectivity index (χ1n) is 7.44. The van der Waals surface area contributed by atoms with Gasteiger partial charge in [0, 0.05) is 10.5 Å². The van der Waals surface area contributed by atoms with Crippen molar-refractivity contribution in [1.82, 2.24) is 0 Å². The molecule has 0 saturated heterocycles. The van der Waals surface area contributed by atoms with E-state index in [1.165, 1.54) is 32.1 Å². The highest BCUT2D eigenvalue weighted by atomic mass is 79.9. The highest BCUT2D eigenvalue weighted by molar-refractivity contribution is 9.10. The van der Waals surface area contributed by atoms with Gasteiger partial charge in [-0.15, -0.1) is 0 Å². The number of fused-ring (bicyclic) bond motifs is 5. The van der Waals surface area contributed by atoms with Gasteiger partial charge in [0.2, 0.25) is 0 Å². The van der Waals surface area contributed by atoms with Crippen molar-refractivity contribution in [3.63, 3.8) is 0 Å². The van der Waals surface area contributed by atoms with Crippen LogP contribution >= 0.6 is 27.5 Å². The van der Waals surface area contributed by atoms with E-state index in [2.05, 4.69) is 33.4 Å². The molecule has 0 aliphatic heterocycles. The van der Waals surface area contributed by atoms with Gasteiger partial charge in [-0.3, -0.25) is 0 Å². The third kappa shape index (κ3) is 2.03. The molecule has 1 N–H and O–H groups in total. The molecule has 1 aromatic rings. The second-order valence-corrected chi connectivity index (χ2v) is 7.85. The summed E-state index contributed by atoms with van der Waals surface area (Å²) < 4.78 is 1.05. The summed E-state index contributed by atoms with van der Waals surface area (Å²) in [4.78, 5) is 0. The zero-order valence-corrected chi connectivity index (χ0v) is 13.3. The third-order valence-corrected chi connectivity index (χ3v) is 6.51. The Balaban J connectivity index is 1.52. The maximum absolute atomic E-state index is 6.33. The Morgan fingerprint density at radius 3 is 2.79 bits per heavy atom. The number of hydrogen-bond acceptors (Lipinski definition) is 1. The van der Waals surface area contributed by atoms with Crippen molar-refractivity contribution < 1.29 is 0 Å². The number of nitrogens with one attached hydrogen (secondary N) is 1. The van der Waals surface area contributed by atoms with Gasteiger partial charge in [-0.2, -0.15) is 0 Å². The summed E-state index contributed by atoms with van der Waals surface area (Å²) >= 11 is 9.80. The zero-order valence-electron chi connectivity index (χ0n) is 10.9. The van der Waals surface area contributed by atoms with Gasteiger partial charge in [0.25, 0.3) is 0 Å². The van der Waals surface area contributed by atoms with Crippen LogP contribution in [0, 0.1) is 23.7 Å². The van der Waals surface area contributed by atoms with E-state index in [0.717, 1.165) is 38.9 Å². The van der Waals surface area contributed by atoms with Crippen molar-refractivity contribution in [3.05, 3.63) is 27.7 Å². The van der Waals surface area contributed by atoms with E-state index in [1.54, 1.807) is 0 Å². The molecular formula is C16H19BrClN. The van der Waals surface area contributed by atoms with Crippen molar-refractivity contribution in [2.75, 3.05) is 5.32 Å². The second kappa shape index (κ2) is 4.66. The quantitative estimate of drug-likeness (QED) is 0.766. The third-order valence-electron chi connectivity index (χ3n) is 5.70. The predicted octanol–water partition coefficient (Wildman–Crippen LogP) is 5.34. The molecule has 0 amide bonds. The molecule has 1 nitrogen and oxygen atoms in total. The maximum Gasteiger partial charge on any atom is 0.0648 e. The molecule has 0 aromatic heterocycles. The van der Waals surface area contributed by atoms with E-state index >= 15 is 0 Å². The van der Waals surface area contributed by atoms with Gasteiger partial charge in [0.05, 0.1) is 10.7 Å². The summed E-state index contributed by atoms with van der Waals surface area (Å²) in [6, 6.07) is 6.81. The van der Waals surface area contributed by atoms with Gasteiger partial charge in [-0.1, -0.05) is 34.0 Å². The zero-order chi connectivity index (χ0) is 13.0. The minimum Gasteiger partial charge on any atom is -0.381 e. The Labute approximate surface area is 128 Å². The Kier molecular flexibility index (Phi) is 3.07. The SMILES string of the molecule is Clc1cc(Br)ccc1NC1CC2CC1C1CCCC21. The molecule has 5 unspecified atom stereocenters. The van der Waals surface area contributed by atoms with Crippen LogP contribution in [0.4, 0.5) is 5.69 Å². The minimum atomic E-state index is 0.656. The Bertz CT molecular complexity index is 504. The highest BCUT2D eigenvalue weighted by Gasteiger charge is 2.53. The Morgan fingerprint density at radius 1 is 1.11 bits per heavy atom. The van der Waals surface area contributed by atoms with Crippen LogP contribution in [0.2, 0.25) is 5.02 Å². The lowest BCUT2D eigenvalue weighted by molar-refractivity contribution is 0.243. The number of benzene rings is 1. The van der Waals surface area contributed by atoms with Crippen LogP contribution in [-0.4, -0.2) is 6.04 Å². The number of hydrogen-bond donors (Lipinski definition) is 1. The van der Waals surface area contributed by atoms with Crippen LogP contribution in [0.3, 0.4) is 0 Å².